The van der Waals surface area contributed by atoms with Gasteiger partial charge in [-0.25, -0.2) is 0 Å². The normalized spacial score (nSPS) is 34.4. The molecule has 0 aromatic rings. The van der Waals surface area contributed by atoms with E-state index in [9.17, 15) is 14.7 Å². The summed E-state index contributed by atoms with van der Waals surface area (Å²) in [4.78, 5) is 21.1. The Morgan fingerprint density at radius 1 is 1.73 bits per heavy atom. The van der Waals surface area contributed by atoms with E-state index in [1.807, 2.05) is 0 Å². The lowest BCUT2D eigenvalue weighted by atomic mass is 10.0. The summed E-state index contributed by atoms with van der Waals surface area (Å²) < 4.78 is 0. The zero-order chi connectivity index (χ0) is 8.65. The van der Waals surface area contributed by atoms with Gasteiger partial charge in [0, 0.05) is 0 Å². The van der Waals surface area contributed by atoms with E-state index in [0.29, 0.717) is 0 Å². The summed E-state index contributed by atoms with van der Waals surface area (Å²) >= 11 is 0. The average molecular weight is 154 g/mol. The van der Waals surface area contributed by atoms with E-state index < -0.39 is 17.3 Å². The number of aliphatic carboxylic acids is 1. The second-order valence-electron chi connectivity index (χ2n) is 2.67. The summed E-state index contributed by atoms with van der Waals surface area (Å²) in [5.41, 5.74) is 3.44. The lowest BCUT2D eigenvalue weighted by Gasteiger charge is -2.12. The molecule has 1 aliphatic rings. The molecule has 1 rings (SSSR count). The van der Waals surface area contributed by atoms with Gasteiger partial charge in [0.25, 0.3) is 0 Å². The Hall–Kier alpha value is -1.32. The largest absolute Gasteiger partial charge is 0.549 e. The highest BCUT2D eigenvalue weighted by Crippen LogP contribution is 2.52. The van der Waals surface area contributed by atoms with E-state index in [0.717, 1.165) is 0 Å². The van der Waals surface area contributed by atoms with Crippen LogP contribution in [0.3, 0.4) is 0 Å². The van der Waals surface area contributed by atoms with Crippen molar-refractivity contribution in [3.63, 3.8) is 0 Å². The highest BCUT2D eigenvalue weighted by atomic mass is 16.4. The van der Waals surface area contributed by atoms with Gasteiger partial charge in [-0.3, -0.25) is 4.79 Å². The number of carbonyl (C=O) groups is 2. The zero-order valence-corrected chi connectivity index (χ0v) is 5.87. The number of rotatable bonds is 3. The van der Waals surface area contributed by atoms with Gasteiger partial charge in [-0.15, -0.1) is 6.58 Å². The minimum Gasteiger partial charge on any atom is -0.549 e. The molecule has 0 aliphatic heterocycles. The van der Waals surface area contributed by atoms with E-state index >= 15 is 0 Å². The molecular formula is C7H8NO3-. The third kappa shape index (κ3) is 0.824. The molecule has 0 heterocycles. The molecule has 1 saturated carbocycles. The Kier molecular flexibility index (Phi) is 1.47. The van der Waals surface area contributed by atoms with Gasteiger partial charge in [-0.05, 0) is 12.3 Å². The molecule has 0 spiro atoms. The van der Waals surface area contributed by atoms with E-state index in [1.165, 1.54) is 6.08 Å². The molecular weight excluding hydrogens is 146 g/mol. The van der Waals surface area contributed by atoms with Crippen molar-refractivity contribution in [1.29, 1.82) is 0 Å². The SMILES string of the molecule is C=CC1CC1(C(N)=O)C(=O)[O-]. The Morgan fingerprint density at radius 3 is 2.36 bits per heavy atom. The maximum absolute atomic E-state index is 10.6. The number of amides is 1. The number of carboxylic acid groups (broad SMARTS) is 1. The summed E-state index contributed by atoms with van der Waals surface area (Å²) in [6, 6.07) is 0. The van der Waals surface area contributed by atoms with Crippen molar-refractivity contribution >= 4 is 11.9 Å². The van der Waals surface area contributed by atoms with Crippen molar-refractivity contribution in [3.8, 4) is 0 Å². The summed E-state index contributed by atoms with van der Waals surface area (Å²) in [6.07, 6.45) is 1.65. The fourth-order valence-electron chi connectivity index (χ4n) is 1.19. The van der Waals surface area contributed by atoms with Crippen LogP contribution in [0.1, 0.15) is 6.42 Å². The lowest BCUT2D eigenvalue weighted by Crippen LogP contribution is -2.42. The topological polar surface area (TPSA) is 83.2 Å². The van der Waals surface area contributed by atoms with Crippen molar-refractivity contribution in [2.24, 2.45) is 17.1 Å². The van der Waals surface area contributed by atoms with Crippen molar-refractivity contribution < 1.29 is 14.7 Å². The Bertz CT molecular complexity index is 220. The fraction of sp³-hybridized carbons (Fsp3) is 0.429. The van der Waals surface area contributed by atoms with Crippen LogP contribution in [0.15, 0.2) is 12.7 Å². The van der Waals surface area contributed by atoms with E-state index in [2.05, 4.69) is 6.58 Å². The monoisotopic (exact) mass is 154 g/mol. The van der Waals surface area contributed by atoms with Gasteiger partial charge in [-0.1, -0.05) is 6.08 Å². The first-order valence-electron chi connectivity index (χ1n) is 3.19. The standard InChI is InChI=1S/C7H9NO3/c1-2-4-3-7(4,5(8)9)6(10)11/h2,4H,1,3H2,(H2,8,9)(H,10,11)/p-1. The number of carbonyl (C=O) groups excluding carboxylic acids is 2. The van der Waals surface area contributed by atoms with E-state index in [4.69, 9.17) is 5.73 Å². The molecule has 4 heteroatoms. The molecule has 1 fully saturated rings. The van der Waals surface area contributed by atoms with Gasteiger partial charge in [0.15, 0.2) is 0 Å². The first-order valence-corrected chi connectivity index (χ1v) is 3.19. The minimum atomic E-state index is -1.46. The molecule has 2 unspecified atom stereocenters. The molecule has 0 radical (unpaired) electrons. The lowest BCUT2D eigenvalue weighted by molar-refractivity contribution is -0.312. The minimum absolute atomic E-state index is 0.230. The first-order chi connectivity index (χ1) is 5.05. The van der Waals surface area contributed by atoms with Gasteiger partial charge < -0.3 is 15.6 Å². The molecule has 11 heavy (non-hydrogen) atoms. The van der Waals surface area contributed by atoms with Crippen LogP contribution in [0.2, 0.25) is 0 Å². The predicted octanol–water partition coefficient (Wildman–Crippen LogP) is -1.59. The van der Waals surface area contributed by atoms with Crippen LogP contribution in [0.25, 0.3) is 0 Å². The van der Waals surface area contributed by atoms with Crippen LogP contribution in [0, 0.1) is 11.3 Å². The van der Waals surface area contributed by atoms with Gasteiger partial charge in [0.05, 0.1) is 11.4 Å². The van der Waals surface area contributed by atoms with Crippen molar-refractivity contribution in [2.45, 2.75) is 6.42 Å². The molecule has 2 N–H and O–H groups in total. The number of hydrogen-bond donors (Lipinski definition) is 1. The number of allylic oxidation sites excluding steroid dienone is 1. The van der Waals surface area contributed by atoms with Crippen LogP contribution in [0.5, 0.6) is 0 Å². The zero-order valence-electron chi connectivity index (χ0n) is 5.87. The van der Waals surface area contributed by atoms with Crippen LogP contribution in [-0.4, -0.2) is 11.9 Å². The number of primary amides is 1. The number of hydrogen-bond acceptors (Lipinski definition) is 3. The molecule has 1 aliphatic carbocycles. The Labute approximate surface area is 63.7 Å². The summed E-state index contributed by atoms with van der Waals surface area (Å²) in [5, 5.41) is 10.4. The molecule has 0 aromatic heterocycles. The van der Waals surface area contributed by atoms with E-state index in [1.54, 1.807) is 0 Å². The van der Waals surface area contributed by atoms with Crippen molar-refractivity contribution in [1.82, 2.24) is 0 Å². The molecule has 0 aromatic carbocycles. The van der Waals surface area contributed by atoms with Gasteiger partial charge in [-0.2, -0.15) is 0 Å². The fourth-order valence-corrected chi connectivity index (χ4v) is 1.19. The van der Waals surface area contributed by atoms with Gasteiger partial charge in [0.1, 0.15) is 0 Å². The molecule has 4 nitrogen and oxygen atoms in total. The predicted molar refractivity (Wildman–Crippen MR) is 34.9 cm³/mol. The number of nitrogens with two attached hydrogens (primary N) is 1. The van der Waals surface area contributed by atoms with Crippen LogP contribution < -0.4 is 10.8 Å². The Morgan fingerprint density at radius 2 is 2.27 bits per heavy atom. The van der Waals surface area contributed by atoms with Crippen LogP contribution in [0.4, 0.5) is 0 Å². The highest BCUT2D eigenvalue weighted by Gasteiger charge is 2.58. The third-order valence-electron chi connectivity index (χ3n) is 2.10. The average Bonchev–Trinajstić information content (AvgIpc) is 2.61. The smallest absolute Gasteiger partial charge is 0.229 e. The molecule has 0 bridgehead atoms. The van der Waals surface area contributed by atoms with Crippen LogP contribution >= 0.6 is 0 Å². The first kappa shape index (κ1) is 7.78. The van der Waals surface area contributed by atoms with Crippen LogP contribution in [-0.2, 0) is 9.59 Å². The van der Waals surface area contributed by atoms with Gasteiger partial charge >= 0.3 is 0 Å². The second-order valence-corrected chi connectivity index (χ2v) is 2.67. The molecule has 1 amide bonds. The second kappa shape index (κ2) is 2.08. The quantitative estimate of drug-likeness (QED) is 0.393. The van der Waals surface area contributed by atoms with Gasteiger partial charge in [0.2, 0.25) is 5.91 Å². The third-order valence-corrected chi connectivity index (χ3v) is 2.10. The molecule has 2 atom stereocenters. The van der Waals surface area contributed by atoms with E-state index in [-0.39, 0.29) is 12.3 Å². The highest BCUT2D eigenvalue weighted by molar-refractivity contribution is 6.04. The van der Waals surface area contributed by atoms with Crippen molar-refractivity contribution in [3.05, 3.63) is 12.7 Å². The maximum Gasteiger partial charge on any atom is 0.229 e. The summed E-state index contributed by atoms with van der Waals surface area (Å²) in [5.74, 6) is -2.57. The van der Waals surface area contributed by atoms with Crippen molar-refractivity contribution in [2.75, 3.05) is 0 Å². The Balaban J connectivity index is 2.87. The molecule has 0 saturated heterocycles. The number of carboxylic acids is 1. The maximum atomic E-state index is 10.6. The molecule has 60 valence electrons. The summed E-state index contributed by atoms with van der Waals surface area (Å²) in [6.45, 7) is 3.38. The summed E-state index contributed by atoms with van der Waals surface area (Å²) in [7, 11) is 0.